The number of aromatic nitrogens is 5. The van der Waals surface area contributed by atoms with Crippen LogP contribution in [0.15, 0.2) is 18.3 Å². The number of fused-ring (bicyclic) bond motifs is 2. The highest BCUT2D eigenvalue weighted by atomic mass is 16.2. The van der Waals surface area contributed by atoms with Gasteiger partial charge in [0, 0.05) is 24.8 Å². The lowest BCUT2D eigenvalue weighted by atomic mass is 10.2. The van der Waals surface area contributed by atoms with E-state index in [1.54, 1.807) is 20.0 Å². The molecule has 9 nitrogen and oxygen atoms in total. The van der Waals surface area contributed by atoms with Crippen LogP contribution < -0.4 is 5.73 Å². The van der Waals surface area contributed by atoms with Crippen LogP contribution in [0.25, 0.3) is 5.65 Å². The van der Waals surface area contributed by atoms with Gasteiger partial charge in [-0.05, 0) is 19.9 Å². The summed E-state index contributed by atoms with van der Waals surface area (Å²) in [5.74, 6) is -0.0388. The first-order chi connectivity index (χ1) is 11.9. The van der Waals surface area contributed by atoms with Crippen LogP contribution in [0.2, 0.25) is 0 Å². The van der Waals surface area contributed by atoms with Gasteiger partial charge < -0.3 is 15.2 Å². The predicted octanol–water partition coefficient (Wildman–Crippen LogP) is 0.298. The Labute approximate surface area is 143 Å². The quantitative estimate of drug-likeness (QED) is 0.721. The average molecular weight is 339 g/mol. The molecular formula is C16H17N7O2. The topological polar surface area (TPSA) is 111 Å². The van der Waals surface area contributed by atoms with Gasteiger partial charge in [-0.3, -0.25) is 9.59 Å². The van der Waals surface area contributed by atoms with Crippen LogP contribution in [-0.2, 0) is 13.1 Å². The van der Waals surface area contributed by atoms with Gasteiger partial charge in [0.1, 0.15) is 17.2 Å². The molecule has 4 rings (SSSR count). The summed E-state index contributed by atoms with van der Waals surface area (Å²) in [4.78, 5) is 34.6. The number of primary amides is 1. The minimum absolute atomic E-state index is 0.167. The van der Waals surface area contributed by atoms with Crippen molar-refractivity contribution in [3.8, 4) is 0 Å². The van der Waals surface area contributed by atoms with Crippen molar-refractivity contribution in [1.29, 1.82) is 0 Å². The van der Waals surface area contributed by atoms with Crippen molar-refractivity contribution in [3.05, 3.63) is 46.9 Å². The highest BCUT2D eigenvalue weighted by Crippen LogP contribution is 2.17. The van der Waals surface area contributed by atoms with Crippen molar-refractivity contribution in [3.63, 3.8) is 0 Å². The fourth-order valence-electron chi connectivity index (χ4n) is 3.14. The van der Waals surface area contributed by atoms with Crippen LogP contribution in [0, 0.1) is 13.8 Å². The number of hydrogen-bond acceptors (Lipinski definition) is 5. The number of carbonyl (C=O) groups excluding carboxylic acids is 2. The van der Waals surface area contributed by atoms with E-state index in [-0.39, 0.29) is 5.91 Å². The number of amides is 2. The van der Waals surface area contributed by atoms with Gasteiger partial charge in [0.2, 0.25) is 0 Å². The van der Waals surface area contributed by atoms with Gasteiger partial charge in [0.05, 0.1) is 18.4 Å². The van der Waals surface area contributed by atoms with Crippen molar-refractivity contribution in [2.75, 3.05) is 6.54 Å². The summed E-state index contributed by atoms with van der Waals surface area (Å²) >= 11 is 0. The fraction of sp³-hybridized carbons (Fsp3) is 0.312. The molecule has 9 heteroatoms. The van der Waals surface area contributed by atoms with E-state index in [4.69, 9.17) is 5.73 Å². The van der Waals surface area contributed by atoms with Gasteiger partial charge in [0.15, 0.2) is 5.65 Å². The molecule has 0 spiro atoms. The predicted molar refractivity (Wildman–Crippen MR) is 87.9 cm³/mol. The molecule has 4 heterocycles. The first-order valence-corrected chi connectivity index (χ1v) is 7.91. The molecule has 25 heavy (non-hydrogen) atoms. The van der Waals surface area contributed by atoms with Crippen LogP contribution >= 0.6 is 0 Å². The number of hydrogen-bond donors (Lipinski definition) is 1. The minimum atomic E-state index is -0.516. The number of imidazole rings is 1. The van der Waals surface area contributed by atoms with E-state index >= 15 is 0 Å². The van der Waals surface area contributed by atoms with E-state index in [0.29, 0.717) is 42.5 Å². The molecule has 2 N–H and O–H groups in total. The maximum absolute atomic E-state index is 12.9. The van der Waals surface area contributed by atoms with E-state index in [0.717, 1.165) is 11.4 Å². The van der Waals surface area contributed by atoms with Crippen molar-refractivity contribution in [2.24, 2.45) is 5.73 Å². The SMILES string of the molecule is Cc1cc2nc(C(=O)N3CCn4c(C(N)=O)cnc4C3)cc(C)n2n1. The molecule has 128 valence electrons. The van der Waals surface area contributed by atoms with Crippen LogP contribution in [0.5, 0.6) is 0 Å². The molecule has 1 aliphatic heterocycles. The standard InChI is InChI=1S/C16H17N7O2/c1-9-5-13-19-11(6-10(2)23(13)20-9)16(25)21-3-4-22-12(15(17)24)7-18-14(22)8-21/h5-7H,3-4,8H2,1-2H3,(H2,17,24). The third-order valence-corrected chi connectivity index (χ3v) is 4.35. The van der Waals surface area contributed by atoms with Gasteiger partial charge >= 0.3 is 0 Å². The Morgan fingerprint density at radius 2 is 2.00 bits per heavy atom. The number of aryl methyl sites for hydroxylation is 2. The zero-order valence-electron chi connectivity index (χ0n) is 13.9. The molecule has 0 unspecified atom stereocenters. The van der Waals surface area contributed by atoms with E-state index in [9.17, 15) is 9.59 Å². The highest BCUT2D eigenvalue weighted by Gasteiger charge is 2.26. The third kappa shape index (κ3) is 2.44. The number of rotatable bonds is 2. The smallest absolute Gasteiger partial charge is 0.273 e. The van der Waals surface area contributed by atoms with Crippen LogP contribution in [-0.4, -0.2) is 47.4 Å². The maximum Gasteiger partial charge on any atom is 0.273 e. The van der Waals surface area contributed by atoms with E-state index in [1.807, 2.05) is 19.9 Å². The third-order valence-electron chi connectivity index (χ3n) is 4.35. The molecule has 3 aromatic heterocycles. The molecule has 0 fully saturated rings. The van der Waals surface area contributed by atoms with Crippen molar-refractivity contribution < 1.29 is 9.59 Å². The average Bonchev–Trinajstić information content (AvgIpc) is 3.16. The molecule has 1 aliphatic rings. The van der Waals surface area contributed by atoms with E-state index in [2.05, 4.69) is 15.1 Å². The second kappa shape index (κ2) is 5.40. The first kappa shape index (κ1) is 15.3. The molecule has 0 radical (unpaired) electrons. The lowest BCUT2D eigenvalue weighted by Gasteiger charge is -2.28. The van der Waals surface area contributed by atoms with Crippen molar-refractivity contribution in [1.82, 2.24) is 29.0 Å². The van der Waals surface area contributed by atoms with Crippen molar-refractivity contribution in [2.45, 2.75) is 26.9 Å². The first-order valence-electron chi connectivity index (χ1n) is 7.91. The number of nitrogens with zero attached hydrogens (tertiary/aromatic N) is 6. The Bertz CT molecular complexity index is 1020. The minimum Gasteiger partial charge on any atom is -0.364 e. The summed E-state index contributed by atoms with van der Waals surface area (Å²) in [6.45, 7) is 5.03. The number of nitrogens with two attached hydrogens (primary N) is 1. The van der Waals surface area contributed by atoms with Gasteiger partial charge in [0.25, 0.3) is 11.8 Å². The van der Waals surface area contributed by atoms with Gasteiger partial charge in [-0.1, -0.05) is 0 Å². The Balaban J connectivity index is 1.64. The monoisotopic (exact) mass is 339 g/mol. The lowest BCUT2D eigenvalue weighted by Crippen LogP contribution is -2.39. The molecule has 0 aromatic carbocycles. The Morgan fingerprint density at radius 3 is 2.76 bits per heavy atom. The van der Waals surface area contributed by atoms with Crippen LogP contribution in [0.1, 0.15) is 38.2 Å². The number of carbonyl (C=O) groups is 2. The normalized spacial score (nSPS) is 13.9. The van der Waals surface area contributed by atoms with Crippen LogP contribution in [0.4, 0.5) is 0 Å². The molecule has 0 aliphatic carbocycles. The molecule has 3 aromatic rings. The fourth-order valence-corrected chi connectivity index (χ4v) is 3.14. The van der Waals surface area contributed by atoms with Crippen molar-refractivity contribution >= 4 is 17.5 Å². The van der Waals surface area contributed by atoms with E-state index in [1.165, 1.54) is 6.20 Å². The molecular weight excluding hydrogens is 322 g/mol. The van der Waals surface area contributed by atoms with Crippen LogP contribution in [0.3, 0.4) is 0 Å². The zero-order chi connectivity index (χ0) is 17.7. The lowest BCUT2D eigenvalue weighted by molar-refractivity contribution is 0.0700. The molecule has 0 saturated carbocycles. The second-order valence-electron chi connectivity index (χ2n) is 6.14. The molecule has 0 bridgehead atoms. The summed E-state index contributed by atoms with van der Waals surface area (Å²) < 4.78 is 3.47. The maximum atomic E-state index is 12.9. The Kier molecular flexibility index (Phi) is 3.31. The molecule has 0 saturated heterocycles. The molecule has 2 amide bonds. The van der Waals surface area contributed by atoms with E-state index < -0.39 is 5.91 Å². The second-order valence-corrected chi connectivity index (χ2v) is 6.14. The molecule has 0 atom stereocenters. The highest BCUT2D eigenvalue weighted by molar-refractivity contribution is 5.93. The summed E-state index contributed by atoms with van der Waals surface area (Å²) in [5.41, 5.74) is 8.42. The summed E-state index contributed by atoms with van der Waals surface area (Å²) in [6.07, 6.45) is 1.45. The summed E-state index contributed by atoms with van der Waals surface area (Å²) in [5, 5.41) is 4.35. The summed E-state index contributed by atoms with van der Waals surface area (Å²) in [6, 6.07) is 3.57. The largest absolute Gasteiger partial charge is 0.364 e. The Hall–Kier alpha value is -3.23. The van der Waals surface area contributed by atoms with Gasteiger partial charge in [-0.2, -0.15) is 5.10 Å². The zero-order valence-corrected chi connectivity index (χ0v) is 13.9. The van der Waals surface area contributed by atoms with Gasteiger partial charge in [-0.25, -0.2) is 14.5 Å². The summed E-state index contributed by atoms with van der Waals surface area (Å²) in [7, 11) is 0. The Morgan fingerprint density at radius 1 is 1.20 bits per heavy atom. The van der Waals surface area contributed by atoms with Gasteiger partial charge in [-0.15, -0.1) is 0 Å².